The lowest BCUT2D eigenvalue weighted by atomic mass is 9.83. The first-order valence-corrected chi connectivity index (χ1v) is 7.59. The SMILES string of the molecule is CC1(C(NN)c2cccc3c2OCCC3)CCCCO1. The Labute approximate surface area is 120 Å². The van der Waals surface area contributed by atoms with Crippen molar-refractivity contribution < 1.29 is 9.47 Å². The standard InChI is InChI=1S/C16H24N2O2/c1-16(9-2-3-11-20-16)15(18-17)13-8-4-6-12-7-5-10-19-14(12)13/h4,6,8,15,18H,2-3,5,7,9-11,17H2,1H3. The molecule has 0 saturated carbocycles. The Hall–Kier alpha value is -1.10. The van der Waals surface area contributed by atoms with E-state index in [4.69, 9.17) is 15.3 Å². The van der Waals surface area contributed by atoms with Crippen molar-refractivity contribution in [2.75, 3.05) is 13.2 Å². The largest absolute Gasteiger partial charge is 0.493 e. The van der Waals surface area contributed by atoms with Crippen LogP contribution in [0.2, 0.25) is 0 Å². The van der Waals surface area contributed by atoms with Crippen LogP contribution in [0, 0.1) is 0 Å². The average Bonchev–Trinajstić information content (AvgIpc) is 2.49. The molecule has 2 unspecified atom stereocenters. The molecular weight excluding hydrogens is 252 g/mol. The Morgan fingerprint density at radius 2 is 2.15 bits per heavy atom. The summed E-state index contributed by atoms with van der Waals surface area (Å²) in [7, 11) is 0. The van der Waals surface area contributed by atoms with Crippen molar-refractivity contribution in [3.63, 3.8) is 0 Å². The van der Waals surface area contributed by atoms with Gasteiger partial charge in [0.2, 0.25) is 0 Å². The number of benzene rings is 1. The topological polar surface area (TPSA) is 56.5 Å². The number of ether oxygens (including phenoxy) is 2. The summed E-state index contributed by atoms with van der Waals surface area (Å²) in [5.74, 6) is 6.88. The number of rotatable bonds is 3. The molecule has 2 atom stereocenters. The fourth-order valence-corrected chi connectivity index (χ4v) is 3.42. The van der Waals surface area contributed by atoms with E-state index in [1.54, 1.807) is 0 Å². The zero-order valence-corrected chi connectivity index (χ0v) is 12.2. The molecule has 0 amide bonds. The van der Waals surface area contributed by atoms with Gasteiger partial charge in [-0.1, -0.05) is 18.2 Å². The van der Waals surface area contributed by atoms with E-state index in [-0.39, 0.29) is 11.6 Å². The fraction of sp³-hybridized carbons (Fsp3) is 0.625. The van der Waals surface area contributed by atoms with Gasteiger partial charge in [0.15, 0.2) is 0 Å². The average molecular weight is 276 g/mol. The Kier molecular flexibility index (Phi) is 3.96. The molecule has 2 aliphatic rings. The van der Waals surface area contributed by atoms with Gasteiger partial charge in [-0.3, -0.25) is 5.84 Å². The summed E-state index contributed by atoms with van der Waals surface area (Å²) in [6.07, 6.45) is 5.51. The molecule has 2 heterocycles. The first-order valence-electron chi connectivity index (χ1n) is 7.59. The smallest absolute Gasteiger partial charge is 0.127 e. The lowest BCUT2D eigenvalue weighted by molar-refractivity contribution is -0.0903. The Morgan fingerprint density at radius 3 is 2.90 bits per heavy atom. The van der Waals surface area contributed by atoms with Gasteiger partial charge in [0.05, 0.1) is 18.2 Å². The van der Waals surface area contributed by atoms with Crippen LogP contribution in [0.4, 0.5) is 0 Å². The summed E-state index contributed by atoms with van der Waals surface area (Å²) in [5, 5.41) is 0. The first kappa shape index (κ1) is 13.9. The molecular formula is C16H24N2O2. The summed E-state index contributed by atoms with van der Waals surface area (Å²) in [5.41, 5.74) is 5.13. The molecule has 1 saturated heterocycles. The predicted molar refractivity (Wildman–Crippen MR) is 78.5 cm³/mol. The van der Waals surface area contributed by atoms with Crippen LogP contribution in [-0.2, 0) is 11.2 Å². The molecule has 2 aliphatic heterocycles. The van der Waals surface area contributed by atoms with Crippen LogP contribution in [0.25, 0.3) is 0 Å². The third-order valence-corrected chi connectivity index (χ3v) is 4.55. The number of nitrogens with one attached hydrogen (secondary N) is 1. The van der Waals surface area contributed by atoms with Gasteiger partial charge in [-0.15, -0.1) is 0 Å². The van der Waals surface area contributed by atoms with Crippen molar-refractivity contribution in [3.05, 3.63) is 29.3 Å². The van der Waals surface area contributed by atoms with Gasteiger partial charge in [-0.2, -0.15) is 0 Å². The number of hydrogen-bond acceptors (Lipinski definition) is 4. The van der Waals surface area contributed by atoms with E-state index >= 15 is 0 Å². The van der Waals surface area contributed by atoms with Gasteiger partial charge in [0.1, 0.15) is 5.75 Å². The van der Waals surface area contributed by atoms with Crippen molar-refractivity contribution in [1.82, 2.24) is 5.43 Å². The van der Waals surface area contributed by atoms with Gasteiger partial charge in [-0.25, -0.2) is 5.43 Å². The van der Waals surface area contributed by atoms with Crippen LogP contribution < -0.4 is 16.0 Å². The van der Waals surface area contributed by atoms with Crippen LogP contribution in [0.15, 0.2) is 18.2 Å². The zero-order chi connectivity index (χ0) is 14.0. The summed E-state index contributed by atoms with van der Waals surface area (Å²) in [6.45, 7) is 3.75. The van der Waals surface area contributed by atoms with Crippen molar-refractivity contribution in [2.45, 2.75) is 50.7 Å². The normalized spacial score (nSPS) is 27.5. The molecule has 0 aromatic heterocycles. The van der Waals surface area contributed by atoms with Crippen molar-refractivity contribution in [3.8, 4) is 5.75 Å². The van der Waals surface area contributed by atoms with Crippen LogP contribution in [-0.4, -0.2) is 18.8 Å². The maximum Gasteiger partial charge on any atom is 0.127 e. The minimum Gasteiger partial charge on any atom is -0.493 e. The van der Waals surface area contributed by atoms with Gasteiger partial charge in [-0.05, 0) is 44.6 Å². The second-order valence-electron chi connectivity index (χ2n) is 6.01. The van der Waals surface area contributed by atoms with Crippen molar-refractivity contribution >= 4 is 0 Å². The maximum absolute atomic E-state index is 6.07. The number of fused-ring (bicyclic) bond motifs is 1. The Morgan fingerprint density at radius 1 is 1.25 bits per heavy atom. The minimum atomic E-state index is -0.261. The highest BCUT2D eigenvalue weighted by Crippen LogP contribution is 2.41. The minimum absolute atomic E-state index is 0.0316. The number of aryl methyl sites for hydroxylation is 1. The quantitative estimate of drug-likeness (QED) is 0.658. The molecule has 0 spiro atoms. The zero-order valence-electron chi connectivity index (χ0n) is 12.2. The summed E-state index contributed by atoms with van der Waals surface area (Å²) in [4.78, 5) is 0. The van der Waals surface area contributed by atoms with Gasteiger partial charge in [0.25, 0.3) is 0 Å². The van der Waals surface area contributed by atoms with Gasteiger partial charge >= 0.3 is 0 Å². The molecule has 0 aliphatic carbocycles. The number of hydrogen-bond donors (Lipinski definition) is 2. The molecule has 4 nitrogen and oxygen atoms in total. The second-order valence-corrected chi connectivity index (χ2v) is 6.01. The molecule has 0 bridgehead atoms. The van der Waals surface area contributed by atoms with Crippen LogP contribution >= 0.6 is 0 Å². The van der Waals surface area contributed by atoms with E-state index in [2.05, 4.69) is 30.5 Å². The van der Waals surface area contributed by atoms with Crippen LogP contribution in [0.3, 0.4) is 0 Å². The van der Waals surface area contributed by atoms with E-state index < -0.39 is 0 Å². The van der Waals surface area contributed by atoms with Crippen molar-refractivity contribution in [2.24, 2.45) is 5.84 Å². The molecule has 4 heteroatoms. The molecule has 20 heavy (non-hydrogen) atoms. The third-order valence-electron chi connectivity index (χ3n) is 4.55. The van der Waals surface area contributed by atoms with E-state index in [0.717, 1.165) is 50.2 Å². The fourth-order valence-electron chi connectivity index (χ4n) is 3.42. The molecule has 3 rings (SSSR count). The van der Waals surface area contributed by atoms with Crippen LogP contribution in [0.5, 0.6) is 5.75 Å². The highest BCUT2D eigenvalue weighted by Gasteiger charge is 2.39. The monoisotopic (exact) mass is 276 g/mol. The number of nitrogens with two attached hydrogens (primary N) is 1. The van der Waals surface area contributed by atoms with E-state index in [0.29, 0.717) is 0 Å². The Bertz CT molecular complexity index is 470. The molecule has 1 aromatic carbocycles. The molecule has 1 fully saturated rings. The predicted octanol–water partition coefficient (Wildman–Crippen LogP) is 2.48. The number of para-hydroxylation sites is 1. The summed E-state index contributed by atoms with van der Waals surface area (Å²) < 4.78 is 12.0. The lowest BCUT2D eigenvalue weighted by Gasteiger charge is -2.41. The maximum atomic E-state index is 6.07. The van der Waals surface area contributed by atoms with Crippen LogP contribution in [0.1, 0.15) is 49.8 Å². The third kappa shape index (κ3) is 2.43. The molecule has 110 valence electrons. The Balaban J connectivity index is 1.97. The lowest BCUT2D eigenvalue weighted by Crippen LogP contribution is -2.48. The van der Waals surface area contributed by atoms with Crippen molar-refractivity contribution in [1.29, 1.82) is 0 Å². The number of hydrazine groups is 1. The van der Waals surface area contributed by atoms with E-state index in [1.807, 2.05) is 0 Å². The van der Waals surface area contributed by atoms with E-state index in [9.17, 15) is 0 Å². The molecule has 1 aromatic rings. The summed E-state index contributed by atoms with van der Waals surface area (Å²) >= 11 is 0. The summed E-state index contributed by atoms with van der Waals surface area (Å²) in [6, 6.07) is 6.32. The first-order chi connectivity index (χ1) is 9.74. The van der Waals surface area contributed by atoms with E-state index in [1.165, 1.54) is 12.0 Å². The molecule has 0 radical (unpaired) electrons. The molecule has 3 N–H and O–H groups in total. The van der Waals surface area contributed by atoms with Gasteiger partial charge < -0.3 is 9.47 Å². The second kappa shape index (κ2) is 5.72. The van der Waals surface area contributed by atoms with Gasteiger partial charge in [0, 0.05) is 12.2 Å². The highest BCUT2D eigenvalue weighted by atomic mass is 16.5. The highest BCUT2D eigenvalue weighted by molar-refractivity contribution is 5.45.